The summed E-state index contributed by atoms with van der Waals surface area (Å²) in [6.45, 7) is 3.11. The van der Waals surface area contributed by atoms with Crippen molar-refractivity contribution in [3.05, 3.63) is 64.7 Å². The van der Waals surface area contributed by atoms with Gasteiger partial charge in [0.15, 0.2) is 0 Å². The molecular weight excluding hydrogens is 282 g/mol. The van der Waals surface area contributed by atoms with Crippen molar-refractivity contribution in [3.8, 4) is 5.75 Å². The molecule has 0 bridgehead atoms. The quantitative estimate of drug-likeness (QED) is 0.831. The van der Waals surface area contributed by atoms with Gasteiger partial charge in [-0.2, -0.15) is 0 Å². The van der Waals surface area contributed by atoms with E-state index in [-0.39, 0.29) is 0 Å². The number of hydrogen-bond donors (Lipinski definition) is 1. The molecule has 2 rings (SSSR count). The lowest BCUT2D eigenvalue weighted by atomic mass is 10.1. The summed E-state index contributed by atoms with van der Waals surface area (Å²) in [6.07, 6.45) is 1.89. The molecule has 0 aliphatic carbocycles. The standard InChI is InChI=1S/C18H22ClNO/c1-14(13-16-8-3-5-9-17(16)19)20-12-11-15-7-4-6-10-18(15)21-2/h3-10,14,20H,11-13H2,1-2H3. The summed E-state index contributed by atoms with van der Waals surface area (Å²) in [4.78, 5) is 0. The molecule has 0 radical (unpaired) electrons. The molecule has 2 aromatic rings. The SMILES string of the molecule is COc1ccccc1CCNC(C)Cc1ccccc1Cl. The van der Waals surface area contributed by atoms with Crippen LogP contribution in [0.15, 0.2) is 48.5 Å². The molecule has 2 nitrogen and oxygen atoms in total. The average molecular weight is 304 g/mol. The van der Waals surface area contributed by atoms with Gasteiger partial charge >= 0.3 is 0 Å². The third kappa shape index (κ3) is 4.76. The van der Waals surface area contributed by atoms with Gasteiger partial charge in [-0.1, -0.05) is 48.0 Å². The largest absolute Gasteiger partial charge is 0.496 e. The monoisotopic (exact) mass is 303 g/mol. The van der Waals surface area contributed by atoms with Crippen LogP contribution < -0.4 is 10.1 Å². The fraction of sp³-hybridized carbons (Fsp3) is 0.333. The maximum absolute atomic E-state index is 6.19. The molecule has 0 saturated carbocycles. The molecule has 1 unspecified atom stereocenters. The minimum Gasteiger partial charge on any atom is -0.496 e. The molecule has 1 atom stereocenters. The second kappa shape index (κ2) is 8.06. The zero-order valence-electron chi connectivity index (χ0n) is 12.6. The van der Waals surface area contributed by atoms with E-state index in [9.17, 15) is 0 Å². The second-order valence-corrected chi connectivity index (χ2v) is 5.62. The highest BCUT2D eigenvalue weighted by Crippen LogP contribution is 2.18. The Morgan fingerprint density at radius 3 is 2.43 bits per heavy atom. The van der Waals surface area contributed by atoms with Crippen LogP contribution in [0.1, 0.15) is 18.1 Å². The zero-order chi connectivity index (χ0) is 15.1. The molecule has 0 aliphatic heterocycles. The minimum atomic E-state index is 0.389. The summed E-state index contributed by atoms with van der Waals surface area (Å²) in [5.41, 5.74) is 2.42. The molecule has 21 heavy (non-hydrogen) atoms. The van der Waals surface area contributed by atoms with Gasteiger partial charge in [0.05, 0.1) is 7.11 Å². The molecule has 0 amide bonds. The van der Waals surface area contributed by atoms with E-state index < -0.39 is 0 Å². The van der Waals surface area contributed by atoms with Crippen LogP contribution in [0, 0.1) is 0 Å². The Morgan fingerprint density at radius 2 is 1.71 bits per heavy atom. The Labute approximate surface area is 132 Å². The predicted octanol–water partition coefficient (Wildman–Crippen LogP) is 4.11. The molecule has 0 fully saturated rings. The van der Waals surface area contributed by atoms with E-state index in [1.54, 1.807) is 7.11 Å². The van der Waals surface area contributed by atoms with E-state index in [0.29, 0.717) is 6.04 Å². The first-order chi connectivity index (χ1) is 10.2. The van der Waals surface area contributed by atoms with Crippen LogP contribution in [0.5, 0.6) is 5.75 Å². The van der Waals surface area contributed by atoms with Crippen LogP contribution in [0.4, 0.5) is 0 Å². The van der Waals surface area contributed by atoms with Crippen LogP contribution >= 0.6 is 11.6 Å². The first kappa shape index (κ1) is 15.9. The number of ether oxygens (including phenoxy) is 1. The van der Waals surface area contributed by atoms with Gasteiger partial charge in [0.2, 0.25) is 0 Å². The van der Waals surface area contributed by atoms with Crippen molar-refractivity contribution in [2.75, 3.05) is 13.7 Å². The van der Waals surface area contributed by atoms with Crippen LogP contribution in [0.2, 0.25) is 5.02 Å². The third-order valence-corrected chi connectivity index (χ3v) is 3.93. The fourth-order valence-electron chi connectivity index (χ4n) is 2.43. The van der Waals surface area contributed by atoms with Crippen molar-refractivity contribution in [1.29, 1.82) is 0 Å². The molecule has 0 aromatic heterocycles. The van der Waals surface area contributed by atoms with Crippen LogP contribution in [-0.4, -0.2) is 19.7 Å². The van der Waals surface area contributed by atoms with Gasteiger partial charge in [0.1, 0.15) is 5.75 Å². The second-order valence-electron chi connectivity index (χ2n) is 5.21. The molecule has 0 aliphatic rings. The van der Waals surface area contributed by atoms with E-state index in [0.717, 1.165) is 30.2 Å². The summed E-state index contributed by atoms with van der Waals surface area (Å²) in [5, 5.41) is 4.39. The Kier molecular flexibility index (Phi) is 6.09. The van der Waals surface area contributed by atoms with Crippen molar-refractivity contribution in [2.24, 2.45) is 0 Å². The van der Waals surface area contributed by atoms with Gasteiger partial charge in [0.25, 0.3) is 0 Å². The summed E-state index contributed by atoms with van der Waals surface area (Å²) in [7, 11) is 1.71. The van der Waals surface area contributed by atoms with E-state index in [1.807, 2.05) is 36.4 Å². The Morgan fingerprint density at radius 1 is 1.05 bits per heavy atom. The topological polar surface area (TPSA) is 21.3 Å². The van der Waals surface area contributed by atoms with Gasteiger partial charge in [-0.25, -0.2) is 0 Å². The Hall–Kier alpha value is -1.51. The number of methoxy groups -OCH3 is 1. The van der Waals surface area contributed by atoms with Crippen LogP contribution in [0.3, 0.4) is 0 Å². The highest BCUT2D eigenvalue weighted by atomic mass is 35.5. The highest BCUT2D eigenvalue weighted by Gasteiger charge is 2.07. The molecule has 0 saturated heterocycles. The van der Waals surface area contributed by atoms with Crippen LogP contribution in [-0.2, 0) is 12.8 Å². The van der Waals surface area contributed by atoms with Gasteiger partial charge in [-0.05, 0) is 49.6 Å². The first-order valence-corrected chi connectivity index (χ1v) is 7.67. The van der Waals surface area contributed by atoms with Crippen molar-refractivity contribution >= 4 is 11.6 Å². The number of rotatable bonds is 7. The van der Waals surface area contributed by atoms with Gasteiger partial charge in [-0.15, -0.1) is 0 Å². The average Bonchev–Trinajstić information content (AvgIpc) is 2.50. The van der Waals surface area contributed by atoms with Crippen molar-refractivity contribution in [3.63, 3.8) is 0 Å². The van der Waals surface area contributed by atoms with Gasteiger partial charge in [-0.3, -0.25) is 0 Å². The lowest BCUT2D eigenvalue weighted by molar-refractivity contribution is 0.408. The molecule has 2 aromatic carbocycles. The van der Waals surface area contributed by atoms with E-state index in [1.165, 1.54) is 11.1 Å². The summed E-state index contributed by atoms with van der Waals surface area (Å²) >= 11 is 6.19. The van der Waals surface area contributed by atoms with E-state index in [4.69, 9.17) is 16.3 Å². The molecule has 112 valence electrons. The Balaban J connectivity index is 1.82. The smallest absolute Gasteiger partial charge is 0.122 e. The number of hydrogen-bond acceptors (Lipinski definition) is 2. The van der Waals surface area contributed by atoms with Gasteiger partial charge in [0, 0.05) is 11.1 Å². The van der Waals surface area contributed by atoms with Gasteiger partial charge < -0.3 is 10.1 Å². The van der Waals surface area contributed by atoms with E-state index in [2.05, 4.69) is 24.4 Å². The normalized spacial score (nSPS) is 12.1. The van der Waals surface area contributed by atoms with Crippen molar-refractivity contribution in [1.82, 2.24) is 5.32 Å². The summed E-state index contributed by atoms with van der Waals surface area (Å²) < 4.78 is 5.37. The molecule has 0 heterocycles. The maximum Gasteiger partial charge on any atom is 0.122 e. The fourth-order valence-corrected chi connectivity index (χ4v) is 2.64. The summed E-state index contributed by atoms with van der Waals surface area (Å²) in [6, 6.07) is 16.6. The molecular formula is C18H22ClNO. The maximum atomic E-state index is 6.19. The molecule has 1 N–H and O–H groups in total. The summed E-state index contributed by atoms with van der Waals surface area (Å²) in [5.74, 6) is 0.957. The highest BCUT2D eigenvalue weighted by molar-refractivity contribution is 6.31. The van der Waals surface area contributed by atoms with E-state index >= 15 is 0 Å². The number of benzene rings is 2. The molecule has 3 heteroatoms. The number of nitrogens with one attached hydrogen (secondary N) is 1. The predicted molar refractivity (Wildman–Crippen MR) is 89.3 cm³/mol. The zero-order valence-corrected chi connectivity index (χ0v) is 13.4. The third-order valence-electron chi connectivity index (χ3n) is 3.56. The van der Waals surface area contributed by atoms with Crippen LogP contribution in [0.25, 0.3) is 0 Å². The minimum absolute atomic E-state index is 0.389. The first-order valence-electron chi connectivity index (χ1n) is 7.29. The lowest BCUT2D eigenvalue weighted by Gasteiger charge is -2.15. The number of para-hydroxylation sites is 1. The number of halogens is 1. The van der Waals surface area contributed by atoms with Crippen molar-refractivity contribution in [2.45, 2.75) is 25.8 Å². The molecule has 0 spiro atoms. The lowest BCUT2D eigenvalue weighted by Crippen LogP contribution is -2.30. The Bertz CT molecular complexity index is 571. The van der Waals surface area contributed by atoms with Crippen molar-refractivity contribution < 1.29 is 4.74 Å².